The van der Waals surface area contributed by atoms with E-state index in [2.05, 4.69) is 9.97 Å². The number of ether oxygens (including phenoxy) is 1. The first-order valence-electron chi connectivity index (χ1n) is 5.77. The molecule has 0 saturated heterocycles. The van der Waals surface area contributed by atoms with Crippen molar-refractivity contribution in [1.29, 1.82) is 0 Å². The van der Waals surface area contributed by atoms with Crippen molar-refractivity contribution in [2.75, 3.05) is 7.11 Å². The van der Waals surface area contributed by atoms with Crippen LogP contribution in [0.4, 0.5) is 0 Å². The van der Waals surface area contributed by atoms with E-state index in [0.717, 1.165) is 22.6 Å². The Morgan fingerprint density at radius 3 is 2.78 bits per heavy atom. The Labute approximate surface area is 106 Å². The van der Waals surface area contributed by atoms with Crippen molar-refractivity contribution in [2.45, 2.75) is 27.0 Å². The van der Waals surface area contributed by atoms with Gasteiger partial charge in [0.05, 0.1) is 19.3 Å². The standard InChI is InChI=1S/C13H17N3O2/c1-9-6-15-11(10(2)13(9)18-3)7-16-5-4-14-12(16)8-17/h4-6,17H,7-8H2,1-3H3. The number of hydrogen-bond acceptors (Lipinski definition) is 4. The maximum atomic E-state index is 9.17. The summed E-state index contributed by atoms with van der Waals surface area (Å²) in [5, 5.41) is 9.17. The van der Waals surface area contributed by atoms with Crippen molar-refractivity contribution in [3.8, 4) is 5.75 Å². The third-order valence-corrected chi connectivity index (χ3v) is 3.01. The highest BCUT2D eigenvalue weighted by Gasteiger charge is 2.11. The van der Waals surface area contributed by atoms with Gasteiger partial charge in [-0.05, 0) is 13.8 Å². The summed E-state index contributed by atoms with van der Waals surface area (Å²) in [5.41, 5.74) is 2.96. The van der Waals surface area contributed by atoms with Gasteiger partial charge in [-0.1, -0.05) is 0 Å². The summed E-state index contributed by atoms with van der Waals surface area (Å²) in [7, 11) is 1.66. The minimum absolute atomic E-state index is 0.0744. The zero-order valence-electron chi connectivity index (χ0n) is 10.8. The van der Waals surface area contributed by atoms with E-state index in [9.17, 15) is 5.11 Å². The SMILES string of the molecule is COc1c(C)cnc(Cn2ccnc2CO)c1C. The predicted octanol–water partition coefficient (Wildman–Crippen LogP) is 1.44. The van der Waals surface area contributed by atoms with Gasteiger partial charge in [0.25, 0.3) is 0 Å². The molecule has 2 rings (SSSR count). The van der Waals surface area contributed by atoms with Crippen LogP contribution in [0.2, 0.25) is 0 Å². The Morgan fingerprint density at radius 2 is 2.11 bits per heavy atom. The molecule has 2 aromatic rings. The molecule has 0 atom stereocenters. The average Bonchev–Trinajstić information content (AvgIpc) is 2.81. The van der Waals surface area contributed by atoms with Crippen LogP contribution < -0.4 is 4.74 Å². The molecule has 0 aliphatic carbocycles. The Balaban J connectivity index is 2.35. The van der Waals surface area contributed by atoms with Crippen LogP contribution in [0.15, 0.2) is 18.6 Å². The van der Waals surface area contributed by atoms with Crippen LogP contribution in [0.5, 0.6) is 5.75 Å². The lowest BCUT2D eigenvalue weighted by molar-refractivity contribution is 0.266. The molecule has 0 unspecified atom stereocenters. The maximum Gasteiger partial charge on any atom is 0.134 e. The highest BCUT2D eigenvalue weighted by Crippen LogP contribution is 2.24. The zero-order chi connectivity index (χ0) is 13.1. The number of nitrogens with zero attached hydrogens (tertiary/aromatic N) is 3. The Bertz CT molecular complexity index is 549. The van der Waals surface area contributed by atoms with Crippen LogP contribution in [0, 0.1) is 13.8 Å². The molecular formula is C13H17N3O2. The third-order valence-electron chi connectivity index (χ3n) is 3.01. The second-order valence-electron chi connectivity index (χ2n) is 4.18. The van der Waals surface area contributed by atoms with E-state index in [1.165, 1.54) is 0 Å². The molecule has 5 nitrogen and oxygen atoms in total. The molecule has 0 aliphatic heterocycles. The molecule has 0 bridgehead atoms. The van der Waals surface area contributed by atoms with Crippen molar-refractivity contribution in [2.24, 2.45) is 0 Å². The molecule has 0 radical (unpaired) electrons. The summed E-state index contributed by atoms with van der Waals surface area (Å²) >= 11 is 0. The summed E-state index contributed by atoms with van der Waals surface area (Å²) in [4.78, 5) is 8.50. The molecule has 18 heavy (non-hydrogen) atoms. The minimum Gasteiger partial charge on any atom is -0.496 e. The molecule has 0 fully saturated rings. The lowest BCUT2D eigenvalue weighted by atomic mass is 10.1. The molecule has 5 heteroatoms. The molecule has 1 N–H and O–H groups in total. The van der Waals surface area contributed by atoms with Crippen molar-refractivity contribution >= 4 is 0 Å². The van der Waals surface area contributed by atoms with Gasteiger partial charge in [-0.25, -0.2) is 4.98 Å². The number of hydrogen-bond donors (Lipinski definition) is 1. The van der Waals surface area contributed by atoms with E-state index in [4.69, 9.17) is 4.74 Å². The maximum absolute atomic E-state index is 9.17. The van der Waals surface area contributed by atoms with Crippen molar-refractivity contribution in [1.82, 2.24) is 14.5 Å². The third kappa shape index (κ3) is 2.22. The Hall–Kier alpha value is -1.88. The molecule has 0 amide bonds. The molecule has 2 aromatic heterocycles. The van der Waals surface area contributed by atoms with E-state index in [1.807, 2.05) is 24.6 Å². The van der Waals surface area contributed by atoms with Gasteiger partial charge in [-0.3, -0.25) is 4.98 Å². The number of imidazole rings is 1. The summed E-state index contributed by atoms with van der Waals surface area (Å²) in [6, 6.07) is 0. The van der Waals surface area contributed by atoms with Gasteiger partial charge in [0, 0.05) is 29.7 Å². The summed E-state index contributed by atoms with van der Waals surface area (Å²) in [5.74, 6) is 1.50. The molecule has 0 aliphatic rings. The second-order valence-corrected chi connectivity index (χ2v) is 4.18. The van der Waals surface area contributed by atoms with E-state index in [1.54, 1.807) is 19.5 Å². The van der Waals surface area contributed by atoms with Crippen LogP contribution >= 0.6 is 0 Å². The first-order valence-corrected chi connectivity index (χ1v) is 5.77. The quantitative estimate of drug-likeness (QED) is 0.888. The van der Waals surface area contributed by atoms with Gasteiger partial charge in [0.2, 0.25) is 0 Å². The normalized spacial score (nSPS) is 10.7. The Kier molecular flexibility index (Phi) is 3.62. The smallest absolute Gasteiger partial charge is 0.134 e. The molecule has 2 heterocycles. The van der Waals surface area contributed by atoms with Gasteiger partial charge >= 0.3 is 0 Å². The minimum atomic E-state index is -0.0744. The first-order chi connectivity index (χ1) is 8.67. The highest BCUT2D eigenvalue weighted by molar-refractivity contribution is 5.41. The summed E-state index contributed by atoms with van der Waals surface area (Å²) in [6.45, 7) is 4.47. The molecule has 0 aromatic carbocycles. The molecule has 0 saturated carbocycles. The molecular weight excluding hydrogens is 230 g/mol. The number of aryl methyl sites for hydroxylation is 1. The zero-order valence-corrected chi connectivity index (χ0v) is 10.8. The van der Waals surface area contributed by atoms with E-state index >= 15 is 0 Å². The highest BCUT2D eigenvalue weighted by atomic mass is 16.5. The van der Waals surface area contributed by atoms with Crippen LogP contribution in [0.3, 0.4) is 0 Å². The largest absolute Gasteiger partial charge is 0.496 e. The summed E-state index contributed by atoms with van der Waals surface area (Å²) in [6.07, 6.45) is 5.31. The average molecular weight is 247 g/mol. The number of aromatic nitrogens is 3. The number of pyridine rings is 1. The van der Waals surface area contributed by atoms with E-state index < -0.39 is 0 Å². The Morgan fingerprint density at radius 1 is 1.33 bits per heavy atom. The second kappa shape index (κ2) is 5.18. The summed E-state index contributed by atoms with van der Waals surface area (Å²) < 4.78 is 7.26. The monoisotopic (exact) mass is 247 g/mol. The van der Waals surface area contributed by atoms with E-state index in [-0.39, 0.29) is 6.61 Å². The van der Waals surface area contributed by atoms with E-state index in [0.29, 0.717) is 12.4 Å². The van der Waals surface area contributed by atoms with Crippen molar-refractivity contribution < 1.29 is 9.84 Å². The van der Waals surface area contributed by atoms with Gasteiger partial charge in [-0.15, -0.1) is 0 Å². The topological polar surface area (TPSA) is 60.2 Å². The fourth-order valence-electron chi connectivity index (χ4n) is 2.03. The number of methoxy groups -OCH3 is 1. The number of aliphatic hydroxyl groups is 1. The predicted molar refractivity (Wildman–Crippen MR) is 67.5 cm³/mol. The number of aliphatic hydroxyl groups excluding tert-OH is 1. The van der Waals surface area contributed by atoms with Gasteiger partial charge < -0.3 is 14.4 Å². The van der Waals surface area contributed by atoms with Crippen LogP contribution in [-0.4, -0.2) is 26.8 Å². The molecule has 0 spiro atoms. The van der Waals surface area contributed by atoms with Gasteiger partial charge in [0.15, 0.2) is 0 Å². The van der Waals surface area contributed by atoms with Crippen LogP contribution in [0.1, 0.15) is 22.6 Å². The first kappa shape index (κ1) is 12.6. The number of rotatable bonds is 4. The molecule has 96 valence electrons. The van der Waals surface area contributed by atoms with Gasteiger partial charge in [-0.2, -0.15) is 0 Å². The lowest BCUT2D eigenvalue weighted by Gasteiger charge is -2.13. The lowest BCUT2D eigenvalue weighted by Crippen LogP contribution is -2.08. The fourth-order valence-corrected chi connectivity index (χ4v) is 2.03. The van der Waals surface area contributed by atoms with Crippen LogP contribution in [-0.2, 0) is 13.2 Å². The van der Waals surface area contributed by atoms with Crippen molar-refractivity contribution in [3.05, 3.63) is 41.2 Å². The van der Waals surface area contributed by atoms with Crippen LogP contribution in [0.25, 0.3) is 0 Å². The van der Waals surface area contributed by atoms with Crippen molar-refractivity contribution in [3.63, 3.8) is 0 Å². The fraction of sp³-hybridized carbons (Fsp3) is 0.385. The van der Waals surface area contributed by atoms with Gasteiger partial charge in [0.1, 0.15) is 18.2 Å².